The molecule has 1 aromatic heterocycles. The van der Waals surface area contributed by atoms with Crippen LogP contribution in [0.1, 0.15) is 24.1 Å². The van der Waals surface area contributed by atoms with Crippen molar-refractivity contribution in [2.45, 2.75) is 19.4 Å². The third kappa shape index (κ3) is 3.09. The van der Waals surface area contributed by atoms with Gasteiger partial charge in [-0.3, -0.25) is 0 Å². The smallest absolute Gasteiger partial charge is 0.120 e. The SMILES string of the molecule is CC(NCCc1ccc2[nH]ccc2c1)c1ccccc1O. The van der Waals surface area contributed by atoms with Gasteiger partial charge in [0.2, 0.25) is 0 Å². The van der Waals surface area contributed by atoms with Crippen molar-refractivity contribution in [3.05, 3.63) is 65.9 Å². The Morgan fingerprint density at radius 2 is 2.00 bits per heavy atom. The van der Waals surface area contributed by atoms with Crippen molar-refractivity contribution >= 4 is 10.9 Å². The molecular weight excluding hydrogens is 260 g/mol. The average molecular weight is 280 g/mol. The van der Waals surface area contributed by atoms with Crippen LogP contribution in [0.4, 0.5) is 0 Å². The molecule has 0 amide bonds. The number of phenolic OH excluding ortho intramolecular Hbond substituents is 1. The highest BCUT2D eigenvalue weighted by atomic mass is 16.3. The Bertz CT molecular complexity index is 733. The second-order valence-electron chi connectivity index (χ2n) is 5.38. The summed E-state index contributed by atoms with van der Waals surface area (Å²) >= 11 is 0. The molecule has 3 nitrogen and oxygen atoms in total. The van der Waals surface area contributed by atoms with Crippen LogP contribution in [0.2, 0.25) is 0 Å². The van der Waals surface area contributed by atoms with Gasteiger partial charge in [0.1, 0.15) is 5.75 Å². The summed E-state index contributed by atoms with van der Waals surface area (Å²) in [5.74, 6) is 0.353. The molecule has 3 heteroatoms. The van der Waals surface area contributed by atoms with E-state index in [4.69, 9.17) is 0 Å². The summed E-state index contributed by atoms with van der Waals surface area (Å²) in [4.78, 5) is 3.21. The molecule has 0 aliphatic carbocycles. The van der Waals surface area contributed by atoms with Gasteiger partial charge in [0.15, 0.2) is 0 Å². The number of H-pyrrole nitrogens is 1. The second kappa shape index (κ2) is 6.02. The van der Waals surface area contributed by atoms with Gasteiger partial charge in [0.05, 0.1) is 0 Å². The first-order valence-corrected chi connectivity index (χ1v) is 7.31. The Hall–Kier alpha value is -2.26. The van der Waals surface area contributed by atoms with Crippen LogP contribution in [0.5, 0.6) is 5.75 Å². The number of rotatable bonds is 5. The lowest BCUT2D eigenvalue weighted by molar-refractivity contribution is 0.453. The first-order valence-electron chi connectivity index (χ1n) is 7.31. The van der Waals surface area contributed by atoms with Crippen molar-refractivity contribution in [1.82, 2.24) is 10.3 Å². The molecule has 108 valence electrons. The van der Waals surface area contributed by atoms with E-state index in [1.807, 2.05) is 24.4 Å². The number of benzene rings is 2. The van der Waals surface area contributed by atoms with Crippen molar-refractivity contribution in [2.24, 2.45) is 0 Å². The number of aromatic amines is 1. The van der Waals surface area contributed by atoms with Gasteiger partial charge in [-0.25, -0.2) is 0 Å². The molecule has 0 radical (unpaired) electrons. The van der Waals surface area contributed by atoms with Gasteiger partial charge < -0.3 is 15.4 Å². The molecule has 1 unspecified atom stereocenters. The number of aromatic hydroxyl groups is 1. The highest BCUT2D eigenvalue weighted by Gasteiger charge is 2.08. The number of hydrogen-bond donors (Lipinski definition) is 3. The molecule has 0 saturated carbocycles. The van der Waals surface area contributed by atoms with Gasteiger partial charge in [-0.1, -0.05) is 24.3 Å². The Kier molecular flexibility index (Phi) is 3.93. The fourth-order valence-corrected chi connectivity index (χ4v) is 2.65. The van der Waals surface area contributed by atoms with E-state index in [1.54, 1.807) is 6.07 Å². The number of hydrogen-bond acceptors (Lipinski definition) is 2. The highest BCUT2D eigenvalue weighted by molar-refractivity contribution is 5.79. The van der Waals surface area contributed by atoms with Gasteiger partial charge in [-0.15, -0.1) is 0 Å². The molecule has 1 atom stereocenters. The molecule has 0 bridgehead atoms. The number of phenols is 1. The number of para-hydroxylation sites is 1. The van der Waals surface area contributed by atoms with E-state index in [9.17, 15) is 5.11 Å². The zero-order valence-corrected chi connectivity index (χ0v) is 12.1. The van der Waals surface area contributed by atoms with Crippen LogP contribution >= 0.6 is 0 Å². The topological polar surface area (TPSA) is 48.0 Å². The predicted octanol–water partition coefficient (Wildman–Crippen LogP) is 3.77. The number of nitrogens with one attached hydrogen (secondary N) is 2. The Morgan fingerprint density at radius 1 is 1.14 bits per heavy atom. The third-order valence-corrected chi connectivity index (χ3v) is 3.89. The minimum Gasteiger partial charge on any atom is -0.508 e. The van der Waals surface area contributed by atoms with E-state index < -0.39 is 0 Å². The molecule has 3 N–H and O–H groups in total. The van der Waals surface area contributed by atoms with Crippen molar-refractivity contribution in [2.75, 3.05) is 6.54 Å². The third-order valence-electron chi connectivity index (χ3n) is 3.89. The quantitative estimate of drug-likeness (QED) is 0.666. The predicted molar refractivity (Wildman–Crippen MR) is 86.5 cm³/mol. The summed E-state index contributed by atoms with van der Waals surface area (Å²) in [5.41, 5.74) is 3.44. The molecular formula is C18H20N2O. The maximum absolute atomic E-state index is 9.85. The first-order chi connectivity index (χ1) is 10.2. The minimum atomic E-state index is 0.141. The number of fused-ring (bicyclic) bond motifs is 1. The lowest BCUT2D eigenvalue weighted by Gasteiger charge is -2.15. The van der Waals surface area contributed by atoms with Gasteiger partial charge in [-0.2, -0.15) is 0 Å². The van der Waals surface area contributed by atoms with Gasteiger partial charge >= 0.3 is 0 Å². The van der Waals surface area contributed by atoms with E-state index >= 15 is 0 Å². The second-order valence-corrected chi connectivity index (χ2v) is 5.38. The zero-order valence-electron chi connectivity index (χ0n) is 12.1. The summed E-state index contributed by atoms with van der Waals surface area (Å²) in [6, 6.07) is 16.2. The van der Waals surface area contributed by atoms with Gasteiger partial charge in [0.25, 0.3) is 0 Å². The molecule has 0 aliphatic rings. The molecule has 3 rings (SSSR count). The highest BCUT2D eigenvalue weighted by Crippen LogP contribution is 2.23. The van der Waals surface area contributed by atoms with Crippen LogP contribution in [0, 0.1) is 0 Å². The van der Waals surface area contributed by atoms with E-state index in [0.717, 1.165) is 18.5 Å². The standard InChI is InChI=1S/C18H20N2O/c1-13(16-4-2-3-5-18(16)21)19-10-8-14-6-7-17-15(12-14)9-11-20-17/h2-7,9,11-13,19-21H,8,10H2,1H3. The van der Waals surface area contributed by atoms with Crippen LogP contribution in [-0.4, -0.2) is 16.6 Å². The van der Waals surface area contributed by atoms with Gasteiger partial charge in [0, 0.05) is 23.3 Å². The van der Waals surface area contributed by atoms with E-state index in [2.05, 4.69) is 41.5 Å². The maximum atomic E-state index is 9.85. The van der Waals surface area contributed by atoms with Crippen molar-refractivity contribution in [1.29, 1.82) is 0 Å². The van der Waals surface area contributed by atoms with Crippen molar-refractivity contribution < 1.29 is 5.11 Å². The number of aromatic nitrogens is 1. The Balaban J connectivity index is 1.59. The van der Waals surface area contributed by atoms with E-state index in [0.29, 0.717) is 5.75 Å². The Morgan fingerprint density at radius 3 is 2.86 bits per heavy atom. The molecule has 0 fully saturated rings. The van der Waals surface area contributed by atoms with E-state index in [-0.39, 0.29) is 6.04 Å². The zero-order chi connectivity index (χ0) is 14.7. The van der Waals surface area contributed by atoms with Crippen LogP contribution in [0.3, 0.4) is 0 Å². The van der Waals surface area contributed by atoms with Crippen molar-refractivity contribution in [3.63, 3.8) is 0 Å². The van der Waals surface area contributed by atoms with Crippen molar-refractivity contribution in [3.8, 4) is 5.75 Å². The summed E-state index contributed by atoms with van der Waals surface area (Å²) in [5, 5.41) is 14.6. The first kappa shape index (κ1) is 13.7. The molecule has 0 aliphatic heterocycles. The summed E-state index contributed by atoms with van der Waals surface area (Å²) < 4.78 is 0. The molecule has 1 heterocycles. The Labute approximate surface area is 124 Å². The molecule has 0 spiro atoms. The monoisotopic (exact) mass is 280 g/mol. The lowest BCUT2D eigenvalue weighted by atomic mass is 10.1. The normalized spacial score (nSPS) is 12.6. The minimum absolute atomic E-state index is 0.141. The fraction of sp³-hybridized carbons (Fsp3) is 0.222. The van der Waals surface area contributed by atoms with Gasteiger partial charge in [-0.05, 0) is 55.1 Å². The summed E-state index contributed by atoms with van der Waals surface area (Å²) in [6.07, 6.45) is 2.94. The molecule has 2 aromatic carbocycles. The largest absolute Gasteiger partial charge is 0.508 e. The maximum Gasteiger partial charge on any atom is 0.120 e. The average Bonchev–Trinajstić information content (AvgIpc) is 2.95. The molecule has 3 aromatic rings. The summed E-state index contributed by atoms with van der Waals surface area (Å²) in [6.45, 7) is 2.95. The van der Waals surface area contributed by atoms with Crippen LogP contribution in [-0.2, 0) is 6.42 Å². The lowest BCUT2D eigenvalue weighted by Crippen LogP contribution is -2.21. The molecule has 21 heavy (non-hydrogen) atoms. The van der Waals surface area contributed by atoms with Crippen LogP contribution in [0.15, 0.2) is 54.7 Å². The van der Waals surface area contributed by atoms with E-state index in [1.165, 1.54) is 16.5 Å². The fourth-order valence-electron chi connectivity index (χ4n) is 2.65. The van der Waals surface area contributed by atoms with Crippen LogP contribution < -0.4 is 5.32 Å². The molecule has 0 saturated heterocycles. The van der Waals surface area contributed by atoms with Crippen LogP contribution in [0.25, 0.3) is 10.9 Å². The summed E-state index contributed by atoms with van der Waals surface area (Å²) in [7, 11) is 0.